The quantitative estimate of drug-likeness (QED) is 0.841. The van der Waals surface area contributed by atoms with Crippen LogP contribution in [0.2, 0.25) is 0 Å². The Kier molecular flexibility index (Phi) is 4.50. The van der Waals surface area contributed by atoms with Crippen LogP contribution < -0.4 is 5.32 Å². The Morgan fingerprint density at radius 3 is 2.16 bits per heavy atom. The van der Waals surface area contributed by atoms with Crippen molar-refractivity contribution in [1.82, 2.24) is 0 Å². The number of anilines is 1. The van der Waals surface area contributed by atoms with Gasteiger partial charge in [-0.15, -0.1) is 0 Å². The molecule has 100 valence electrons. The van der Waals surface area contributed by atoms with E-state index in [9.17, 15) is 8.78 Å². The molecule has 3 heteroatoms. The van der Waals surface area contributed by atoms with Gasteiger partial charge in [0.25, 0.3) is 0 Å². The molecule has 0 radical (unpaired) electrons. The summed E-state index contributed by atoms with van der Waals surface area (Å²) in [6.45, 7) is 2.00. The Balaban J connectivity index is 2.11. The molecule has 2 aromatic rings. The Hall–Kier alpha value is -1.90. The third kappa shape index (κ3) is 3.53. The monoisotopic (exact) mass is 261 g/mol. The lowest BCUT2D eigenvalue weighted by atomic mass is 10.0. The molecule has 19 heavy (non-hydrogen) atoms. The highest BCUT2D eigenvalue weighted by Gasteiger charge is 2.13. The van der Waals surface area contributed by atoms with Gasteiger partial charge in [-0.05, 0) is 30.5 Å². The van der Waals surface area contributed by atoms with E-state index in [1.165, 1.54) is 18.2 Å². The summed E-state index contributed by atoms with van der Waals surface area (Å²) in [5.74, 6) is -1.10. The molecule has 1 atom stereocenters. The Morgan fingerprint density at radius 2 is 1.58 bits per heavy atom. The largest absolute Gasteiger partial charge is 0.377 e. The summed E-state index contributed by atoms with van der Waals surface area (Å²) in [5, 5.41) is 2.96. The molecular formula is C16H17F2N. The molecule has 1 nitrogen and oxygen atoms in total. The molecule has 0 amide bonds. The maximum atomic E-state index is 13.6. The predicted molar refractivity (Wildman–Crippen MR) is 74.2 cm³/mol. The zero-order valence-corrected chi connectivity index (χ0v) is 10.9. The molecule has 1 unspecified atom stereocenters. The van der Waals surface area contributed by atoms with E-state index >= 15 is 0 Å². The highest BCUT2D eigenvalue weighted by atomic mass is 19.1. The number of rotatable bonds is 5. The lowest BCUT2D eigenvalue weighted by molar-refractivity contribution is 0.577. The van der Waals surface area contributed by atoms with Gasteiger partial charge in [0.15, 0.2) is 0 Å². The Labute approximate surface area is 112 Å². The summed E-state index contributed by atoms with van der Waals surface area (Å²) in [7, 11) is 0. The van der Waals surface area contributed by atoms with Gasteiger partial charge >= 0.3 is 0 Å². The SMILES string of the molecule is CCC(Cc1ccccc1)Nc1c(F)cccc1F. The molecule has 0 aliphatic carbocycles. The number of nitrogens with one attached hydrogen (secondary N) is 1. The van der Waals surface area contributed by atoms with E-state index in [4.69, 9.17) is 0 Å². The molecular weight excluding hydrogens is 244 g/mol. The fourth-order valence-corrected chi connectivity index (χ4v) is 2.04. The molecule has 0 saturated carbocycles. The average Bonchev–Trinajstić information content (AvgIpc) is 2.43. The first kappa shape index (κ1) is 13.5. The van der Waals surface area contributed by atoms with Crippen molar-refractivity contribution in [1.29, 1.82) is 0 Å². The number of halogens is 2. The predicted octanol–water partition coefficient (Wildman–Crippen LogP) is 4.40. The Bertz CT molecular complexity index is 505. The molecule has 0 saturated heterocycles. The van der Waals surface area contributed by atoms with Crippen molar-refractivity contribution in [2.24, 2.45) is 0 Å². The maximum Gasteiger partial charge on any atom is 0.149 e. The topological polar surface area (TPSA) is 12.0 Å². The third-order valence-corrected chi connectivity index (χ3v) is 3.13. The second kappa shape index (κ2) is 6.32. The van der Waals surface area contributed by atoms with Crippen LogP contribution in [-0.2, 0) is 6.42 Å². The van der Waals surface area contributed by atoms with Gasteiger partial charge in [0.05, 0.1) is 0 Å². The van der Waals surface area contributed by atoms with Crippen LogP contribution in [0.1, 0.15) is 18.9 Å². The molecule has 2 aromatic carbocycles. The van der Waals surface area contributed by atoms with Crippen LogP contribution in [0, 0.1) is 11.6 Å². The number of hydrogen-bond acceptors (Lipinski definition) is 1. The van der Waals surface area contributed by atoms with Gasteiger partial charge in [0, 0.05) is 6.04 Å². The van der Waals surface area contributed by atoms with Crippen molar-refractivity contribution >= 4 is 5.69 Å². The van der Waals surface area contributed by atoms with Gasteiger partial charge in [-0.2, -0.15) is 0 Å². The van der Waals surface area contributed by atoms with Gasteiger partial charge in [0.2, 0.25) is 0 Å². The zero-order valence-electron chi connectivity index (χ0n) is 10.9. The zero-order chi connectivity index (χ0) is 13.7. The van der Waals surface area contributed by atoms with Crippen LogP contribution >= 0.6 is 0 Å². The van der Waals surface area contributed by atoms with Crippen LogP contribution in [0.5, 0.6) is 0 Å². The number of para-hydroxylation sites is 1. The minimum absolute atomic E-state index is 0.00815. The minimum atomic E-state index is -0.550. The Morgan fingerprint density at radius 1 is 0.947 bits per heavy atom. The van der Waals surface area contributed by atoms with E-state index in [0.717, 1.165) is 18.4 Å². The van der Waals surface area contributed by atoms with E-state index in [1.807, 2.05) is 37.3 Å². The molecule has 0 aliphatic heterocycles. The van der Waals surface area contributed by atoms with E-state index in [1.54, 1.807) is 0 Å². The molecule has 2 rings (SSSR count). The van der Waals surface area contributed by atoms with Crippen molar-refractivity contribution in [3.8, 4) is 0 Å². The normalized spacial score (nSPS) is 12.2. The smallest absolute Gasteiger partial charge is 0.149 e. The van der Waals surface area contributed by atoms with Crippen LogP contribution in [0.4, 0.5) is 14.5 Å². The van der Waals surface area contributed by atoms with Crippen molar-refractivity contribution in [2.75, 3.05) is 5.32 Å². The number of hydrogen-bond donors (Lipinski definition) is 1. The highest BCUT2D eigenvalue weighted by Crippen LogP contribution is 2.20. The molecule has 0 fully saturated rings. The fraction of sp³-hybridized carbons (Fsp3) is 0.250. The van der Waals surface area contributed by atoms with Crippen molar-refractivity contribution < 1.29 is 8.78 Å². The first-order valence-corrected chi connectivity index (χ1v) is 6.45. The average molecular weight is 261 g/mol. The molecule has 0 aromatic heterocycles. The second-order valence-electron chi connectivity index (χ2n) is 4.54. The van der Waals surface area contributed by atoms with Crippen LogP contribution in [0.3, 0.4) is 0 Å². The lowest BCUT2D eigenvalue weighted by Gasteiger charge is -2.19. The minimum Gasteiger partial charge on any atom is -0.377 e. The van der Waals surface area contributed by atoms with Crippen LogP contribution in [0.25, 0.3) is 0 Å². The van der Waals surface area contributed by atoms with E-state index in [0.29, 0.717) is 0 Å². The van der Waals surface area contributed by atoms with Crippen molar-refractivity contribution in [2.45, 2.75) is 25.8 Å². The van der Waals surface area contributed by atoms with E-state index in [-0.39, 0.29) is 11.7 Å². The fourth-order valence-electron chi connectivity index (χ4n) is 2.04. The summed E-state index contributed by atoms with van der Waals surface area (Å²) in [6.07, 6.45) is 1.54. The van der Waals surface area contributed by atoms with Crippen LogP contribution in [0.15, 0.2) is 48.5 Å². The van der Waals surface area contributed by atoms with Gasteiger partial charge in [-0.25, -0.2) is 8.78 Å². The van der Waals surface area contributed by atoms with E-state index in [2.05, 4.69) is 5.32 Å². The first-order valence-electron chi connectivity index (χ1n) is 6.45. The summed E-state index contributed by atoms with van der Waals surface area (Å²) in [6, 6.07) is 13.8. The molecule has 1 N–H and O–H groups in total. The molecule has 0 aliphatic rings. The van der Waals surface area contributed by atoms with Crippen molar-refractivity contribution in [3.63, 3.8) is 0 Å². The molecule has 0 spiro atoms. The standard InChI is InChI=1S/C16H17F2N/c1-2-13(11-12-7-4-3-5-8-12)19-16-14(17)9-6-10-15(16)18/h3-10,13,19H,2,11H2,1H3. The second-order valence-corrected chi connectivity index (χ2v) is 4.54. The van der Waals surface area contributed by atoms with E-state index < -0.39 is 11.6 Å². The summed E-state index contributed by atoms with van der Waals surface area (Å²) in [4.78, 5) is 0. The summed E-state index contributed by atoms with van der Waals surface area (Å²) >= 11 is 0. The lowest BCUT2D eigenvalue weighted by Crippen LogP contribution is -2.22. The molecule has 0 heterocycles. The number of benzene rings is 2. The third-order valence-electron chi connectivity index (χ3n) is 3.13. The summed E-state index contributed by atoms with van der Waals surface area (Å²) in [5.41, 5.74) is 1.11. The van der Waals surface area contributed by atoms with Gasteiger partial charge in [-0.3, -0.25) is 0 Å². The maximum absolute atomic E-state index is 13.6. The van der Waals surface area contributed by atoms with Crippen molar-refractivity contribution in [3.05, 3.63) is 65.7 Å². The summed E-state index contributed by atoms with van der Waals surface area (Å²) < 4.78 is 27.2. The van der Waals surface area contributed by atoms with Crippen LogP contribution in [-0.4, -0.2) is 6.04 Å². The van der Waals surface area contributed by atoms with Gasteiger partial charge in [-0.1, -0.05) is 43.3 Å². The van der Waals surface area contributed by atoms with Gasteiger partial charge < -0.3 is 5.32 Å². The molecule has 0 bridgehead atoms. The highest BCUT2D eigenvalue weighted by molar-refractivity contribution is 5.47. The first-order chi connectivity index (χ1) is 9.20. The van der Waals surface area contributed by atoms with Gasteiger partial charge in [0.1, 0.15) is 17.3 Å².